The fourth-order valence-corrected chi connectivity index (χ4v) is 6.59. The van der Waals surface area contributed by atoms with Crippen LogP contribution in [0.15, 0.2) is 60.7 Å². The van der Waals surface area contributed by atoms with E-state index >= 15 is 0 Å². The maximum Gasteiger partial charge on any atom is 0.342 e. The van der Waals surface area contributed by atoms with Gasteiger partial charge in [-0.15, -0.1) is 0 Å². The van der Waals surface area contributed by atoms with E-state index in [-0.39, 0.29) is 52.3 Å². The average molecular weight is 706 g/mol. The van der Waals surface area contributed by atoms with Crippen LogP contribution in [0.3, 0.4) is 0 Å². The van der Waals surface area contributed by atoms with E-state index in [2.05, 4.69) is 0 Å². The van der Waals surface area contributed by atoms with E-state index in [0.717, 1.165) is 11.1 Å². The van der Waals surface area contributed by atoms with Gasteiger partial charge in [0.25, 0.3) is 0 Å². The first-order valence-corrected chi connectivity index (χ1v) is 16.6. The molecule has 2 aliphatic heterocycles. The fourth-order valence-electron chi connectivity index (χ4n) is 5.98. The number of methoxy groups -OCH3 is 2. The van der Waals surface area contributed by atoms with Crippen LogP contribution in [0.4, 0.5) is 0 Å². The molecule has 0 saturated carbocycles. The van der Waals surface area contributed by atoms with Crippen LogP contribution >= 0.6 is 23.2 Å². The second kappa shape index (κ2) is 16.7. The molecule has 3 aromatic rings. The summed E-state index contributed by atoms with van der Waals surface area (Å²) in [5.41, 5.74) is 2.31. The summed E-state index contributed by atoms with van der Waals surface area (Å²) in [5.74, 6) is -0.545. The second-order valence-corrected chi connectivity index (χ2v) is 12.6. The van der Waals surface area contributed by atoms with Crippen molar-refractivity contribution in [2.24, 2.45) is 0 Å². The summed E-state index contributed by atoms with van der Waals surface area (Å²) in [6.07, 6.45) is -4.90. The Morgan fingerprint density at radius 3 is 2.04 bits per heavy atom. The van der Waals surface area contributed by atoms with Crippen LogP contribution in [-0.2, 0) is 41.6 Å². The molecule has 8 atom stereocenters. The highest BCUT2D eigenvalue weighted by atomic mass is 35.5. The van der Waals surface area contributed by atoms with Crippen LogP contribution in [-0.4, -0.2) is 74.5 Å². The van der Waals surface area contributed by atoms with Gasteiger partial charge in [-0.05, 0) is 37.5 Å². The molecule has 2 fully saturated rings. The minimum absolute atomic E-state index is 0.0246. The zero-order valence-electron chi connectivity index (χ0n) is 27.6. The number of hydrogen-bond acceptors (Lipinski definition) is 10. The fraction of sp³-hybridized carbons (Fsp3) is 0.472. The van der Waals surface area contributed by atoms with E-state index < -0.39 is 43.0 Å². The molecule has 0 radical (unpaired) electrons. The highest BCUT2D eigenvalue weighted by Gasteiger charge is 2.44. The van der Waals surface area contributed by atoms with Crippen molar-refractivity contribution in [1.29, 1.82) is 0 Å². The summed E-state index contributed by atoms with van der Waals surface area (Å²) in [6, 6.07) is 19.3. The number of ether oxygens (including phenoxy) is 8. The summed E-state index contributed by atoms with van der Waals surface area (Å²) in [7, 11) is 2.97. The smallest absolute Gasteiger partial charge is 0.342 e. The van der Waals surface area contributed by atoms with E-state index in [0.29, 0.717) is 18.6 Å². The number of halogens is 2. The van der Waals surface area contributed by atoms with Crippen LogP contribution in [0.1, 0.15) is 53.7 Å². The van der Waals surface area contributed by atoms with Crippen molar-refractivity contribution >= 4 is 29.2 Å². The Bertz CT molecular complexity index is 1500. The van der Waals surface area contributed by atoms with E-state index in [4.69, 9.17) is 61.1 Å². The van der Waals surface area contributed by atoms with Gasteiger partial charge in [-0.2, -0.15) is 0 Å². The van der Waals surface area contributed by atoms with Gasteiger partial charge in [0.15, 0.2) is 30.2 Å². The molecule has 1 N–H and O–H groups in total. The number of carbonyl (C=O) groups excluding carboxylic acids is 1. The zero-order chi connectivity index (χ0) is 34.4. The number of aliphatic hydroxyl groups excluding tert-OH is 1. The van der Waals surface area contributed by atoms with Gasteiger partial charge in [0.1, 0.15) is 23.3 Å². The summed E-state index contributed by atoms with van der Waals surface area (Å²) in [5, 5.41) is 11.4. The first-order valence-electron chi connectivity index (χ1n) is 15.9. The minimum atomic E-state index is -1.11. The number of esters is 1. The molecule has 0 aliphatic carbocycles. The molecule has 260 valence electrons. The van der Waals surface area contributed by atoms with Gasteiger partial charge >= 0.3 is 5.97 Å². The predicted molar refractivity (Wildman–Crippen MR) is 179 cm³/mol. The van der Waals surface area contributed by atoms with Gasteiger partial charge in [0.05, 0.1) is 43.2 Å². The molecule has 0 amide bonds. The normalized spacial score (nSPS) is 27.3. The maximum absolute atomic E-state index is 13.6. The molecule has 2 aliphatic rings. The van der Waals surface area contributed by atoms with Crippen molar-refractivity contribution in [2.75, 3.05) is 14.2 Å². The van der Waals surface area contributed by atoms with Crippen molar-refractivity contribution in [3.05, 3.63) is 93.0 Å². The molecule has 2 saturated heterocycles. The Kier molecular flexibility index (Phi) is 12.6. The van der Waals surface area contributed by atoms with Crippen molar-refractivity contribution in [3.8, 4) is 11.5 Å². The maximum atomic E-state index is 13.6. The summed E-state index contributed by atoms with van der Waals surface area (Å²) in [6.45, 7) is 5.82. The third-order valence-corrected chi connectivity index (χ3v) is 9.35. The van der Waals surface area contributed by atoms with E-state index in [1.54, 1.807) is 21.0 Å². The first-order chi connectivity index (χ1) is 23.1. The number of aliphatic hydroxyl groups is 1. The molecule has 0 aromatic heterocycles. The summed E-state index contributed by atoms with van der Waals surface area (Å²) >= 11 is 13.3. The highest BCUT2D eigenvalue weighted by molar-refractivity contribution is 6.39. The lowest BCUT2D eigenvalue weighted by Crippen LogP contribution is -2.55. The number of benzene rings is 3. The van der Waals surface area contributed by atoms with Crippen molar-refractivity contribution in [1.82, 2.24) is 0 Å². The van der Waals surface area contributed by atoms with Crippen LogP contribution < -0.4 is 9.47 Å². The van der Waals surface area contributed by atoms with Gasteiger partial charge < -0.3 is 43.0 Å². The van der Waals surface area contributed by atoms with E-state index in [1.807, 2.05) is 67.6 Å². The second-order valence-electron chi connectivity index (χ2n) is 11.9. The SMILES string of the molecule is COc1c(Cl)c(OCc2ccccc2)c(Cl)c(C)c1C(=O)O[C@H]1[C@H](O)C[C@H](O[C@@H]2[C@@H](C)O[C@@H](OC)C[C@H]2OCc2ccccc2)O[C@@H]1C. The largest absolute Gasteiger partial charge is 0.494 e. The summed E-state index contributed by atoms with van der Waals surface area (Å²) in [4.78, 5) is 13.6. The van der Waals surface area contributed by atoms with Crippen LogP contribution in [0.25, 0.3) is 0 Å². The first kappa shape index (κ1) is 36.4. The number of carbonyl (C=O) groups is 1. The number of rotatable bonds is 12. The molecular formula is C36H42Cl2O10. The van der Waals surface area contributed by atoms with Crippen LogP contribution in [0.5, 0.6) is 11.5 Å². The van der Waals surface area contributed by atoms with Gasteiger partial charge in [-0.3, -0.25) is 0 Å². The van der Waals surface area contributed by atoms with Gasteiger partial charge in [-0.1, -0.05) is 83.9 Å². The van der Waals surface area contributed by atoms with Gasteiger partial charge in [-0.25, -0.2) is 4.79 Å². The van der Waals surface area contributed by atoms with E-state index in [1.165, 1.54) is 7.11 Å². The molecular weight excluding hydrogens is 663 g/mol. The Balaban J connectivity index is 1.25. The van der Waals surface area contributed by atoms with Gasteiger partial charge in [0, 0.05) is 20.0 Å². The lowest BCUT2D eigenvalue weighted by molar-refractivity contribution is -0.314. The van der Waals surface area contributed by atoms with Crippen LogP contribution in [0.2, 0.25) is 10.0 Å². The highest BCUT2D eigenvalue weighted by Crippen LogP contribution is 2.46. The lowest BCUT2D eigenvalue weighted by Gasteiger charge is -2.43. The Labute approximate surface area is 291 Å². The molecule has 10 nitrogen and oxygen atoms in total. The van der Waals surface area contributed by atoms with E-state index in [9.17, 15) is 9.90 Å². The quantitative estimate of drug-likeness (QED) is 0.206. The molecule has 3 aromatic carbocycles. The molecule has 0 bridgehead atoms. The molecule has 0 unspecified atom stereocenters. The zero-order valence-corrected chi connectivity index (χ0v) is 29.1. The average Bonchev–Trinajstić information content (AvgIpc) is 3.08. The Hall–Kier alpha value is -2.93. The third-order valence-electron chi connectivity index (χ3n) is 8.55. The third kappa shape index (κ3) is 8.43. The molecule has 5 rings (SSSR count). The topological polar surface area (TPSA) is 111 Å². The predicted octanol–water partition coefficient (Wildman–Crippen LogP) is 6.66. The van der Waals surface area contributed by atoms with Gasteiger partial charge in [0.2, 0.25) is 0 Å². The molecule has 0 spiro atoms. The van der Waals surface area contributed by atoms with Crippen molar-refractivity contribution in [3.63, 3.8) is 0 Å². The lowest BCUT2D eigenvalue weighted by atomic mass is 9.99. The summed E-state index contributed by atoms with van der Waals surface area (Å²) < 4.78 is 47.6. The number of hydrogen-bond donors (Lipinski definition) is 1. The standard InChI is InChI=1S/C36H42Cl2O10/c1-20-29(34(42-5)31(38)35(30(20)37)44-19-24-14-10-7-11-15-24)36(40)48-32-21(2)46-28(16-25(32)39)47-33-22(3)45-27(41-4)17-26(33)43-18-23-12-8-6-9-13-23/h6-15,21-22,25-28,32-33,39H,16-19H2,1-5H3/t21-,22-,25-,26-,27-,28+,32-,33-/m1/s1. The monoisotopic (exact) mass is 704 g/mol. The van der Waals surface area contributed by atoms with Crippen molar-refractivity contribution < 1.29 is 47.8 Å². The minimum Gasteiger partial charge on any atom is -0.494 e. The Morgan fingerprint density at radius 2 is 1.44 bits per heavy atom. The molecule has 2 heterocycles. The Morgan fingerprint density at radius 1 is 0.833 bits per heavy atom. The molecule has 12 heteroatoms. The molecule has 48 heavy (non-hydrogen) atoms. The van der Waals surface area contributed by atoms with Crippen LogP contribution in [0, 0.1) is 6.92 Å². The van der Waals surface area contributed by atoms with Crippen molar-refractivity contribution in [2.45, 2.75) is 96.0 Å².